The summed E-state index contributed by atoms with van der Waals surface area (Å²) >= 11 is 0. The van der Waals surface area contributed by atoms with Crippen LogP contribution in [0.1, 0.15) is 39.5 Å². The Kier molecular flexibility index (Phi) is 20.6. The maximum absolute atomic E-state index is 3.36. The van der Waals surface area contributed by atoms with Crippen LogP contribution in [0.25, 0.3) is 0 Å². The van der Waals surface area contributed by atoms with Crippen LogP contribution in [0, 0.1) is 0 Å². The Morgan fingerprint density at radius 1 is 0.688 bits per heavy atom. The minimum Gasteiger partial charge on any atom is -0.0991 e. The summed E-state index contributed by atoms with van der Waals surface area (Å²) in [5, 5.41) is 0. The van der Waals surface area contributed by atoms with E-state index in [2.05, 4.69) is 27.0 Å². The fourth-order valence-corrected chi connectivity index (χ4v) is 0.885. The van der Waals surface area contributed by atoms with Crippen molar-refractivity contribution in [3.63, 3.8) is 0 Å². The summed E-state index contributed by atoms with van der Waals surface area (Å²) in [6, 6.07) is 12.0. The van der Waals surface area contributed by atoms with Gasteiger partial charge in [0.25, 0.3) is 0 Å². The van der Waals surface area contributed by atoms with Gasteiger partial charge in [0, 0.05) is 0 Å². The van der Waals surface area contributed by atoms with Crippen LogP contribution in [0.2, 0.25) is 0 Å². The molecule has 0 atom stereocenters. The van der Waals surface area contributed by atoms with Gasteiger partial charge in [0.2, 0.25) is 0 Å². The average Bonchev–Trinajstić information content (AvgIpc) is 2.39. The van der Waals surface area contributed by atoms with Crippen LogP contribution in [0.4, 0.5) is 0 Å². The molecule has 0 nitrogen and oxygen atoms in total. The third-order valence-corrected chi connectivity index (χ3v) is 1.79. The molecule has 1 aromatic rings. The lowest BCUT2D eigenvalue weighted by molar-refractivity contribution is 0.702. The van der Waals surface area contributed by atoms with E-state index in [0.717, 1.165) is 0 Å². The summed E-state index contributed by atoms with van der Waals surface area (Å²) < 4.78 is 0. The Labute approximate surface area is 102 Å². The zero-order valence-corrected chi connectivity index (χ0v) is 10.9. The highest BCUT2D eigenvalue weighted by atomic mass is 13.8. The van der Waals surface area contributed by atoms with Gasteiger partial charge in [-0.05, 0) is 0 Å². The first kappa shape index (κ1) is 17.1. The Hall–Kier alpha value is -1.30. The van der Waals surface area contributed by atoms with E-state index in [-0.39, 0.29) is 0 Å². The fourth-order valence-electron chi connectivity index (χ4n) is 0.885. The maximum atomic E-state index is 3.36. The van der Waals surface area contributed by atoms with Gasteiger partial charge in [0.05, 0.1) is 0 Å². The molecule has 0 aliphatic heterocycles. The molecular weight excluding hydrogens is 192 g/mol. The zero-order valence-electron chi connectivity index (χ0n) is 10.9. The molecule has 0 saturated heterocycles. The molecule has 0 spiro atoms. The van der Waals surface area contributed by atoms with Crippen LogP contribution in [0.5, 0.6) is 0 Å². The Bertz CT molecular complexity index is 174. The van der Waals surface area contributed by atoms with Gasteiger partial charge in [-0.3, -0.25) is 0 Å². The molecule has 1 rings (SSSR count). The third kappa shape index (κ3) is 23.0. The second kappa shape index (κ2) is 19.3. The number of hydrogen-bond acceptors (Lipinski definition) is 0. The van der Waals surface area contributed by atoms with E-state index in [1.807, 2.05) is 36.4 Å². The Morgan fingerprint density at radius 2 is 0.938 bits per heavy atom. The standard InChI is InChI=1S/C6H6.C6H14.C4H6/c1-2-4-6-5-3-1;1-3-5-6-4-2;1-3-4-2/h1-6H;3-6H2,1-2H3;3-4H,1-2H2. The molecule has 0 N–H and O–H groups in total. The van der Waals surface area contributed by atoms with Crippen LogP contribution >= 0.6 is 0 Å². The van der Waals surface area contributed by atoms with Crippen molar-refractivity contribution in [1.29, 1.82) is 0 Å². The van der Waals surface area contributed by atoms with E-state index in [1.165, 1.54) is 25.7 Å². The first-order chi connectivity index (χ1) is 7.83. The van der Waals surface area contributed by atoms with E-state index in [9.17, 15) is 0 Å². The van der Waals surface area contributed by atoms with Crippen LogP contribution in [0.3, 0.4) is 0 Å². The molecule has 0 unspecified atom stereocenters. The van der Waals surface area contributed by atoms with Gasteiger partial charge in [0.1, 0.15) is 0 Å². The minimum absolute atomic E-state index is 1.36. The van der Waals surface area contributed by atoms with Gasteiger partial charge in [-0.1, -0.05) is 101 Å². The quantitative estimate of drug-likeness (QED) is 0.453. The predicted molar refractivity (Wildman–Crippen MR) is 76.7 cm³/mol. The number of benzene rings is 1. The minimum atomic E-state index is 1.36. The van der Waals surface area contributed by atoms with Crippen LogP contribution < -0.4 is 0 Å². The SMILES string of the molecule is C=CC=C.CCCCCC.c1ccccc1. The summed E-state index contributed by atoms with van der Waals surface area (Å²) in [5.74, 6) is 0. The van der Waals surface area contributed by atoms with Crippen molar-refractivity contribution in [2.24, 2.45) is 0 Å². The Morgan fingerprint density at radius 3 is 1.06 bits per heavy atom. The van der Waals surface area contributed by atoms with Gasteiger partial charge in [-0.25, -0.2) is 0 Å². The predicted octanol–water partition coefficient (Wildman–Crippen LogP) is 5.63. The molecule has 16 heavy (non-hydrogen) atoms. The lowest BCUT2D eigenvalue weighted by Gasteiger charge is -1.86. The molecule has 0 heterocycles. The lowest BCUT2D eigenvalue weighted by atomic mass is 10.2. The summed E-state index contributed by atoms with van der Waals surface area (Å²) in [6.07, 6.45) is 8.81. The molecular formula is C16H26. The average molecular weight is 218 g/mol. The molecule has 0 heteroatoms. The molecule has 90 valence electrons. The van der Waals surface area contributed by atoms with Crippen molar-refractivity contribution in [1.82, 2.24) is 0 Å². The van der Waals surface area contributed by atoms with Gasteiger partial charge in [-0.2, -0.15) is 0 Å². The highest BCUT2D eigenvalue weighted by Crippen LogP contribution is 1.95. The number of unbranched alkanes of at least 4 members (excludes halogenated alkanes) is 3. The summed E-state index contributed by atoms with van der Waals surface area (Å²) in [7, 11) is 0. The van der Waals surface area contributed by atoms with E-state index < -0.39 is 0 Å². The van der Waals surface area contributed by atoms with Gasteiger partial charge < -0.3 is 0 Å². The van der Waals surface area contributed by atoms with E-state index in [0.29, 0.717) is 0 Å². The van der Waals surface area contributed by atoms with E-state index in [4.69, 9.17) is 0 Å². The van der Waals surface area contributed by atoms with E-state index in [1.54, 1.807) is 12.2 Å². The zero-order chi connectivity index (χ0) is 12.5. The van der Waals surface area contributed by atoms with Gasteiger partial charge >= 0.3 is 0 Å². The van der Waals surface area contributed by atoms with Crippen molar-refractivity contribution in [2.75, 3.05) is 0 Å². The summed E-state index contributed by atoms with van der Waals surface area (Å²) in [5.41, 5.74) is 0. The molecule has 0 aromatic heterocycles. The molecule has 0 bridgehead atoms. The summed E-state index contributed by atoms with van der Waals surface area (Å²) in [6.45, 7) is 11.2. The number of rotatable bonds is 4. The molecule has 0 saturated carbocycles. The van der Waals surface area contributed by atoms with Crippen LogP contribution in [-0.4, -0.2) is 0 Å². The van der Waals surface area contributed by atoms with Crippen LogP contribution in [0.15, 0.2) is 61.7 Å². The van der Waals surface area contributed by atoms with Crippen molar-refractivity contribution in [3.8, 4) is 0 Å². The molecule has 0 amide bonds. The monoisotopic (exact) mass is 218 g/mol. The number of allylic oxidation sites excluding steroid dienone is 2. The normalized spacial score (nSPS) is 7.62. The maximum Gasteiger partial charge on any atom is -0.0536 e. The second-order valence-electron chi connectivity index (χ2n) is 3.33. The molecule has 0 radical (unpaired) electrons. The third-order valence-electron chi connectivity index (χ3n) is 1.79. The van der Waals surface area contributed by atoms with Crippen molar-refractivity contribution in [2.45, 2.75) is 39.5 Å². The fraction of sp³-hybridized carbons (Fsp3) is 0.375. The first-order valence-electron chi connectivity index (χ1n) is 6.06. The number of hydrogen-bond donors (Lipinski definition) is 0. The van der Waals surface area contributed by atoms with Crippen molar-refractivity contribution in [3.05, 3.63) is 61.7 Å². The highest BCUT2D eigenvalue weighted by molar-refractivity contribution is 4.99. The van der Waals surface area contributed by atoms with Crippen molar-refractivity contribution < 1.29 is 0 Å². The second-order valence-corrected chi connectivity index (χ2v) is 3.33. The molecule has 0 fully saturated rings. The summed E-state index contributed by atoms with van der Waals surface area (Å²) in [4.78, 5) is 0. The lowest BCUT2D eigenvalue weighted by Crippen LogP contribution is -1.66. The molecule has 0 aliphatic carbocycles. The molecule has 1 aromatic carbocycles. The molecule has 0 aliphatic rings. The largest absolute Gasteiger partial charge is 0.0991 e. The highest BCUT2D eigenvalue weighted by Gasteiger charge is 1.75. The topological polar surface area (TPSA) is 0 Å². The smallest absolute Gasteiger partial charge is 0.0536 e. The first-order valence-corrected chi connectivity index (χ1v) is 6.06. The van der Waals surface area contributed by atoms with E-state index >= 15 is 0 Å². The van der Waals surface area contributed by atoms with Crippen LogP contribution in [-0.2, 0) is 0 Å². The van der Waals surface area contributed by atoms with Gasteiger partial charge in [-0.15, -0.1) is 0 Å². The Balaban J connectivity index is 0. The van der Waals surface area contributed by atoms with Crippen molar-refractivity contribution >= 4 is 0 Å². The van der Waals surface area contributed by atoms with Gasteiger partial charge in [0.15, 0.2) is 0 Å².